The number of hydrogen-bond donors (Lipinski definition) is 1. The number of nitrogens with one attached hydrogen (secondary N) is 1. The highest BCUT2D eigenvalue weighted by Gasteiger charge is 2.29. The van der Waals surface area contributed by atoms with Gasteiger partial charge >= 0.3 is 6.18 Å². The van der Waals surface area contributed by atoms with Crippen LogP contribution in [0.25, 0.3) is 0 Å². The predicted molar refractivity (Wildman–Crippen MR) is 89.2 cm³/mol. The van der Waals surface area contributed by atoms with E-state index in [4.69, 9.17) is 4.84 Å². The normalized spacial score (nSPS) is 12.0. The molecular weight excluding hydrogens is 333 g/mol. The molecule has 0 spiro atoms. The summed E-state index contributed by atoms with van der Waals surface area (Å²) in [5.41, 5.74) is 1.98. The molecule has 0 fully saturated rings. The van der Waals surface area contributed by atoms with E-state index in [0.717, 1.165) is 17.7 Å². The van der Waals surface area contributed by atoms with Crippen LogP contribution in [0.3, 0.4) is 0 Å². The summed E-state index contributed by atoms with van der Waals surface area (Å²) in [5.74, 6) is -0.155. The Morgan fingerprint density at radius 2 is 1.64 bits per heavy atom. The number of carbonyl (C=O) groups excluding carboxylic acids is 1. The largest absolute Gasteiger partial charge is 0.416 e. The zero-order chi connectivity index (χ0) is 18.4. The summed E-state index contributed by atoms with van der Waals surface area (Å²) >= 11 is 0. The Bertz CT molecular complexity index is 751. The number of amides is 1. The highest BCUT2D eigenvalue weighted by atomic mass is 19.4. The fourth-order valence-corrected chi connectivity index (χ4v) is 2.04. The van der Waals surface area contributed by atoms with Crippen LogP contribution in [-0.2, 0) is 22.4 Å². The van der Waals surface area contributed by atoms with Gasteiger partial charge in [0.25, 0.3) is 0 Å². The van der Waals surface area contributed by atoms with Crippen LogP contribution >= 0.6 is 0 Å². The third kappa shape index (κ3) is 5.63. The van der Waals surface area contributed by atoms with Crippen molar-refractivity contribution < 1.29 is 22.8 Å². The average molecular weight is 350 g/mol. The van der Waals surface area contributed by atoms with Gasteiger partial charge in [-0.25, -0.2) is 0 Å². The summed E-state index contributed by atoms with van der Waals surface area (Å²) in [6.45, 7) is 3.25. The maximum atomic E-state index is 12.5. The van der Waals surface area contributed by atoms with Gasteiger partial charge in [0.1, 0.15) is 6.61 Å². The molecule has 0 aliphatic carbocycles. The summed E-state index contributed by atoms with van der Waals surface area (Å²) in [6.07, 6.45) is -4.35. The molecule has 25 heavy (non-hydrogen) atoms. The van der Waals surface area contributed by atoms with Crippen molar-refractivity contribution in [3.05, 3.63) is 65.2 Å². The number of anilines is 1. The maximum absolute atomic E-state index is 12.5. The molecule has 1 amide bonds. The van der Waals surface area contributed by atoms with Gasteiger partial charge in [-0.1, -0.05) is 29.4 Å². The van der Waals surface area contributed by atoms with Crippen molar-refractivity contribution in [1.82, 2.24) is 0 Å². The summed E-state index contributed by atoms with van der Waals surface area (Å²) in [6, 6.07) is 11.8. The van der Waals surface area contributed by atoms with E-state index in [1.807, 2.05) is 0 Å². The Kier molecular flexibility index (Phi) is 5.80. The van der Waals surface area contributed by atoms with Gasteiger partial charge in [0.05, 0.1) is 11.3 Å². The quantitative estimate of drug-likeness (QED) is 0.633. The number of carbonyl (C=O) groups is 1. The van der Waals surface area contributed by atoms with Crippen molar-refractivity contribution >= 4 is 17.3 Å². The van der Waals surface area contributed by atoms with Gasteiger partial charge in [0, 0.05) is 12.6 Å². The van der Waals surface area contributed by atoms with Crippen LogP contribution < -0.4 is 5.32 Å². The Hall–Kier alpha value is -2.83. The SMILES string of the molecule is CC(=O)Nc1ccc(/C(C)=N/OCc2ccc(C(F)(F)F)cc2)cc1. The number of halogens is 3. The zero-order valence-electron chi connectivity index (χ0n) is 13.7. The first kappa shape index (κ1) is 18.5. The monoisotopic (exact) mass is 350 g/mol. The van der Waals surface area contributed by atoms with E-state index in [1.165, 1.54) is 19.1 Å². The van der Waals surface area contributed by atoms with E-state index in [9.17, 15) is 18.0 Å². The molecule has 2 aromatic carbocycles. The maximum Gasteiger partial charge on any atom is 0.416 e. The molecule has 0 saturated carbocycles. The topological polar surface area (TPSA) is 50.7 Å². The minimum atomic E-state index is -4.35. The van der Waals surface area contributed by atoms with Crippen molar-refractivity contribution in [1.29, 1.82) is 0 Å². The highest BCUT2D eigenvalue weighted by molar-refractivity contribution is 5.99. The van der Waals surface area contributed by atoms with Crippen molar-refractivity contribution in [3.8, 4) is 0 Å². The summed E-state index contributed by atoms with van der Waals surface area (Å²) in [7, 11) is 0. The molecule has 0 aliphatic rings. The van der Waals surface area contributed by atoms with Gasteiger partial charge in [-0.15, -0.1) is 0 Å². The van der Waals surface area contributed by atoms with Gasteiger partial charge < -0.3 is 10.2 Å². The van der Waals surface area contributed by atoms with Crippen LogP contribution in [0, 0.1) is 0 Å². The number of rotatable bonds is 5. The standard InChI is InChI=1S/C18H17F3N2O2/c1-12(15-5-9-17(10-6-15)22-13(2)24)23-25-11-14-3-7-16(8-4-14)18(19,20)21/h3-10H,11H2,1-2H3,(H,22,24)/b23-12+. The van der Waals surface area contributed by atoms with Gasteiger partial charge in [0.15, 0.2) is 0 Å². The average Bonchev–Trinajstić information content (AvgIpc) is 2.54. The summed E-state index contributed by atoms with van der Waals surface area (Å²) in [5, 5.41) is 6.62. The molecule has 4 nitrogen and oxygen atoms in total. The molecule has 0 unspecified atom stereocenters. The van der Waals surface area contributed by atoms with Crippen LogP contribution in [0.1, 0.15) is 30.5 Å². The molecule has 132 valence electrons. The van der Waals surface area contributed by atoms with E-state index < -0.39 is 11.7 Å². The second kappa shape index (κ2) is 7.83. The van der Waals surface area contributed by atoms with Gasteiger partial charge in [-0.05, 0) is 42.3 Å². The molecular formula is C18H17F3N2O2. The lowest BCUT2D eigenvalue weighted by atomic mass is 10.1. The second-order valence-electron chi connectivity index (χ2n) is 5.40. The molecule has 2 rings (SSSR count). The molecule has 0 aliphatic heterocycles. The number of oxime groups is 1. The number of alkyl halides is 3. The molecule has 2 aromatic rings. The Morgan fingerprint density at radius 3 is 2.16 bits per heavy atom. The van der Waals surface area contributed by atoms with Crippen molar-refractivity contribution in [2.45, 2.75) is 26.6 Å². The van der Waals surface area contributed by atoms with Crippen molar-refractivity contribution in [2.24, 2.45) is 5.16 Å². The predicted octanol–water partition coefficient (Wildman–Crippen LogP) is 4.60. The van der Waals surface area contributed by atoms with Crippen LogP contribution in [0.2, 0.25) is 0 Å². The Balaban J connectivity index is 1.93. The molecule has 0 bridgehead atoms. The van der Waals surface area contributed by atoms with Crippen LogP contribution in [0.5, 0.6) is 0 Å². The smallest absolute Gasteiger partial charge is 0.391 e. The molecule has 0 heterocycles. The van der Waals surface area contributed by atoms with Crippen molar-refractivity contribution in [3.63, 3.8) is 0 Å². The van der Waals surface area contributed by atoms with E-state index in [0.29, 0.717) is 17.0 Å². The molecule has 0 aromatic heterocycles. The molecule has 1 N–H and O–H groups in total. The van der Waals surface area contributed by atoms with Crippen LogP contribution in [0.4, 0.5) is 18.9 Å². The lowest BCUT2D eigenvalue weighted by Crippen LogP contribution is -2.06. The fourth-order valence-electron chi connectivity index (χ4n) is 2.04. The highest BCUT2D eigenvalue weighted by Crippen LogP contribution is 2.29. The Morgan fingerprint density at radius 1 is 1.04 bits per heavy atom. The van der Waals surface area contributed by atoms with Crippen LogP contribution in [0.15, 0.2) is 53.7 Å². The van der Waals surface area contributed by atoms with Gasteiger partial charge in [-0.3, -0.25) is 4.79 Å². The first-order valence-corrected chi connectivity index (χ1v) is 7.46. The minimum Gasteiger partial charge on any atom is -0.391 e. The lowest BCUT2D eigenvalue weighted by molar-refractivity contribution is -0.137. The van der Waals surface area contributed by atoms with E-state index in [2.05, 4.69) is 10.5 Å². The molecule has 7 heteroatoms. The summed E-state index contributed by atoms with van der Waals surface area (Å²) in [4.78, 5) is 16.2. The molecule has 0 radical (unpaired) electrons. The Labute approximate surface area is 143 Å². The minimum absolute atomic E-state index is 0.0689. The first-order chi connectivity index (χ1) is 11.8. The van der Waals surface area contributed by atoms with E-state index >= 15 is 0 Å². The lowest BCUT2D eigenvalue weighted by Gasteiger charge is -2.07. The van der Waals surface area contributed by atoms with Crippen LogP contribution in [-0.4, -0.2) is 11.6 Å². The van der Waals surface area contributed by atoms with Crippen molar-refractivity contribution in [2.75, 3.05) is 5.32 Å². The second-order valence-corrected chi connectivity index (χ2v) is 5.40. The molecule has 0 atom stereocenters. The number of hydrogen-bond acceptors (Lipinski definition) is 3. The number of nitrogens with zero attached hydrogens (tertiary/aromatic N) is 1. The summed E-state index contributed by atoms with van der Waals surface area (Å²) < 4.78 is 37.5. The van der Waals surface area contributed by atoms with Gasteiger partial charge in [0.2, 0.25) is 5.91 Å². The van der Waals surface area contributed by atoms with E-state index in [-0.39, 0.29) is 12.5 Å². The third-order valence-electron chi connectivity index (χ3n) is 3.34. The molecule has 0 saturated heterocycles. The van der Waals surface area contributed by atoms with Gasteiger partial charge in [-0.2, -0.15) is 13.2 Å². The fraction of sp³-hybridized carbons (Fsp3) is 0.222. The number of benzene rings is 2. The first-order valence-electron chi connectivity index (χ1n) is 7.46. The van der Waals surface area contributed by atoms with E-state index in [1.54, 1.807) is 31.2 Å². The third-order valence-corrected chi connectivity index (χ3v) is 3.34. The zero-order valence-corrected chi connectivity index (χ0v) is 13.7.